The molecule has 0 spiro atoms. The van der Waals surface area contributed by atoms with Crippen LogP contribution in [0.4, 0.5) is 5.69 Å². The average Bonchev–Trinajstić information content (AvgIpc) is 2.28. The van der Waals surface area contributed by atoms with E-state index in [4.69, 9.17) is 10.5 Å². The van der Waals surface area contributed by atoms with Crippen molar-refractivity contribution in [3.8, 4) is 5.75 Å². The van der Waals surface area contributed by atoms with Gasteiger partial charge in [0.1, 0.15) is 5.75 Å². The lowest BCUT2D eigenvalue weighted by molar-refractivity contribution is 0.0792. The smallest absolute Gasteiger partial charge is 0.257 e. The molecule has 0 aromatic heterocycles. The summed E-state index contributed by atoms with van der Waals surface area (Å²) in [7, 11) is 3.32. The molecule has 0 aliphatic carbocycles. The number of hydrogen-bond donors (Lipinski definition) is 1. The topological polar surface area (TPSA) is 55.6 Å². The van der Waals surface area contributed by atoms with E-state index in [9.17, 15) is 4.79 Å². The highest BCUT2D eigenvalue weighted by atomic mass is 16.5. The van der Waals surface area contributed by atoms with Gasteiger partial charge in [0.25, 0.3) is 5.91 Å². The first-order chi connectivity index (χ1) is 7.60. The highest BCUT2D eigenvalue weighted by molar-refractivity contribution is 5.97. The van der Waals surface area contributed by atoms with E-state index in [1.54, 1.807) is 37.3 Å². The number of amides is 1. The van der Waals surface area contributed by atoms with E-state index in [1.807, 2.05) is 6.92 Å². The molecule has 0 saturated carbocycles. The molecule has 0 aliphatic heterocycles. The summed E-state index contributed by atoms with van der Waals surface area (Å²) in [4.78, 5) is 13.7. The molecule has 1 aromatic carbocycles. The number of benzene rings is 1. The summed E-state index contributed by atoms with van der Waals surface area (Å²) in [5, 5.41) is 0. The predicted molar refractivity (Wildman–Crippen MR) is 64.7 cm³/mol. The summed E-state index contributed by atoms with van der Waals surface area (Å²) >= 11 is 0. The third-order valence-corrected chi connectivity index (χ3v) is 2.36. The maximum Gasteiger partial charge on any atom is 0.257 e. The van der Waals surface area contributed by atoms with Gasteiger partial charge in [0.05, 0.1) is 12.7 Å². The second-order valence-electron chi connectivity index (χ2n) is 3.69. The van der Waals surface area contributed by atoms with Gasteiger partial charge in [0, 0.05) is 19.3 Å². The van der Waals surface area contributed by atoms with Crippen molar-refractivity contribution in [1.29, 1.82) is 0 Å². The maximum absolute atomic E-state index is 12.1. The van der Waals surface area contributed by atoms with Gasteiger partial charge in [-0.1, -0.05) is 6.92 Å². The van der Waals surface area contributed by atoms with E-state index in [2.05, 4.69) is 0 Å². The van der Waals surface area contributed by atoms with Gasteiger partial charge in [0.2, 0.25) is 0 Å². The largest absolute Gasteiger partial charge is 0.496 e. The van der Waals surface area contributed by atoms with E-state index < -0.39 is 0 Å². The molecule has 0 bridgehead atoms. The average molecular weight is 222 g/mol. The van der Waals surface area contributed by atoms with Gasteiger partial charge in [0.15, 0.2) is 0 Å². The van der Waals surface area contributed by atoms with Crippen molar-refractivity contribution in [2.24, 2.45) is 0 Å². The number of anilines is 1. The first kappa shape index (κ1) is 12.4. The fourth-order valence-corrected chi connectivity index (χ4v) is 1.54. The van der Waals surface area contributed by atoms with Crippen LogP contribution in [0.5, 0.6) is 5.75 Å². The lowest BCUT2D eigenvalue weighted by Crippen LogP contribution is -2.27. The minimum absolute atomic E-state index is 0.0639. The number of nitrogens with zero attached hydrogens (tertiary/aromatic N) is 1. The van der Waals surface area contributed by atoms with Crippen LogP contribution in [0.25, 0.3) is 0 Å². The highest BCUT2D eigenvalue weighted by Gasteiger charge is 2.16. The molecule has 0 fully saturated rings. The van der Waals surface area contributed by atoms with E-state index in [0.29, 0.717) is 17.0 Å². The number of methoxy groups -OCH3 is 1. The summed E-state index contributed by atoms with van der Waals surface area (Å²) in [6.45, 7) is 2.75. The van der Waals surface area contributed by atoms with Gasteiger partial charge < -0.3 is 15.4 Å². The van der Waals surface area contributed by atoms with E-state index in [1.165, 1.54) is 0 Å². The van der Waals surface area contributed by atoms with Crippen LogP contribution >= 0.6 is 0 Å². The standard InChI is InChI=1S/C12H18N2O2/c1-4-7-14(2)12(15)10-8-9(13)5-6-11(10)16-3/h5-6,8H,4,7,13H2,1-3H3. The first-order valence-electron chi connectivity index (χ1n) is 5.29. The summed E-state index contributed by atoms with van der Waals surface area (Å²) in [5.41, 5.74) is 6.74. The molecule has 16 heavy (non-hydrogen) atoms. The number of ether oxygens (including phenoxy) is 1. The molecule has 1 aromatic rings. The summed E-state index contributed by atoms with van der Waals surface area (Å²) in [6, 6.07) is 5.07. The number of carbonyl (C=O) groups is 1. The highest BCUT2D eigenvalue weighted by Crippen LogP contribution is 2.22. The van der Waals surface area contributed by atoms with Crippen LogP contribution in [0, 0.1) is 0 Å². The van der Waals surface area contributed by atoms with Gasteiger partial charge in [-0.25, -0.2) is 0 Å². The summed E-state index contributed by atoms with van der Waals surface area (Å²) < 4.78 is 5.15. The molecule has 0 aliphatic rings. The zero-order valence-corrected chi connectivity index (χ0v) is 9.99. The molecule has 4 nitrogen and oxygen atoms in total. The van der Waals surface area contributed by atoms with Crippen molar-refractivity contribution in [1.82, 2.24) is 4.90 Å². The van der Waals surface area contributed by atoms with E-state index in [-0.39, 0.29) is 5.91 Å². The Bertz CT molecular complexity index is 377. The second-order valence-corrected chi connectivity index (χ2v) is 3.69. The zero-order valence-electron chi connectivity index (χ0n) is 9.99. The predicted octanol–water partition coefficient (Wildman–Crippen LogP) is 1.76. The number of nitrogen functional groups attached to an aromatic ring is 1. The third-order valence-electron chi connectivity index (χ3n) is 2.36. The van der Waals surface area contributed by atoms with Crippen LogP contribution in [0.15, 0.2) is 18.2 Å². The quantitative estimate of drug-likeness (QED) is 0.790. The van der Waals surface area contributed by atoms with Crippen molar-refractivity contribution in [2.45, 2.75) is 13.3 Å². The van der Waals surface area contributed by atoms with Crippen molar-refractivity contribution in [2.75, 3.05) is 26.4 Å². The summed E-state index contributed by atoms with van der Waals surface area (Å²) in [5.74, 6) is 0.494. The lowest BCUT2D eigenvalue weighted by atomic mass is 10.1. The molecular formula is C12H18N2O2. The maximum atomic E-state index is 12.1. The minimum Gasteiger partial charge on any atom is -0.496 e. The Morgan fingerprint density at radius 1 is 1.50 bits per heavy atom. The van der Waals surface area contributed by atoms with Gasteiger partial charge in [-0.2, -0.15) is 0 Å². The molecular weight excluding hydrogens is 204 g/mol. The molecule has 0 heterocycles. The molecule has 1 amide bonds. The van der Waals surface area contributed by atoms with Gasteiger partial charge in [-0.3, -0.25) is 4.79 Å². The second kappa shape index (κ2) is 5.39. The van der Waals surface area contributed by atoms with Gasteiger partial charge >= 0.3 is 0 Å². The number of nitrogens with two attached hydrogens (primary N) is 1. The van der Waals surface area contributed by atoms with Crippen LogP contribution in [0.1, 0.15) is 23.7 Å². The first-order valence-corrected chi connectivity index (χ1v) is 5.29. The normalized spacial score (nSPS) is 9.94. The van der Waals surface area contributed by atoms with E-state index >= 15 is 0 Å². The fourth-order valence-electron chi connectivity index (χ4n) is 1.54. The van der Waals surface area contributed by atoms with Crippen LogP contribution in [-0.2, 0) is 0 Å². The van der Waals surface area contributed by atoms with Gasteiger partial charge in [-0.15, -0.1) is 0 Å². The molecule has 0 atom stereocenters. The Morgan fingerprint density at radius 3 is 2.75 bits per heavy atom. The molecule has 1 rings (SSSR count). The van der Waals surface area contributed by atoms with Crippen LogP contribution in [0.3, 0.4) is 0 Å². The number of carbonyl (C=O) groups excluding carboxylic acids is 1. The third kappa shape index (κ3) is 2.66. The van der Waals surface area contributed by atoms with Crippen molar-refractivity contribution < 1.29 is 9.53 Å². The Hall–Kier alpha value is -1.71. The van der Waals surface area contributed by atoms with Gasteiger partial charge in [-0.05, 0) is 24.6 Å². The zero-order chi connectivity index (χ0) is 12.1. The summed E-state index contributed by atoms with van der Waals surface area (Å²) in [6.07, 6.45) is 0.923. The minimum atomic E-state index is -0.0639. The SMILES string of the molecule is CCCN(C)C(=O)c1cc(N)ccc1OC. The van der Waals surface area contributed by atoms with Crippen molar-refractivity contribution >= 4 is 11.6 Å². The lowest BCUT2D eigenvalue weighted by Gasteiger charge is -2.18. The molecule has 4 heteroatoms. The van der Waals surface area contributed by atoms with Crippen LogP contribution < -0.4 is 10.5 Å². The monoisotopic (exact) mass is 222 g/mol. The molecule has 88 valence electrons. The van der Waals surface area contributed by atoms with E-state index in [0.717, 1.165) is 13.0 Å². The van der Waals surface area contributed by atoms with Crippen LogP contribution in [0.2, 0.25) is 0 Å². The number of hydrogen-bond acceptors (Lipinski definition) is 3. The Labute approximate surface area is 96.0 Å². The molecule has 0 unspecified atom stereocenters. The van der Waals surface area contributed by atoms with Crippen molar-refractivity contribution in [3.63, 3.8) is 0 Å². The Kier molecular flexibility index (Phi) is 4.17. The molecule has 0 saturated heterocycles. The Balaban J connectivity index is 3.01. The number of rotatable bonds is 4. The Morgan fingerprint density at radius 2 is 2.19 bits per heavy atom. The molecule has 2 N–H and O–H groups in total. The molecule has 0 radical (unpaired) electrons. The van der Waals surface area contributed by atoms with Crippen LogP contribution in [-0.4, -0.2) is 31.5 Å². The fraction of sp³-hybridized carbons (Fsp3) is 0.417. The van der Waals surface area contributed by atoms with Crippen molar-refractivity contribution in [3.05, 3.63) is 23.8 Å².